The second-order valence-corrected chi connectivity index (χ2v) is 5.81. The summed E-state index contributed by atoms with van der Waals surface area (Å²) in [5.74, 6) is 0. The van der Waals surface area contributed by atoms with E-state index in [4.69, 9.17) is 0 Å². The first kappa shape index (κ1) is 13.5. The lowest BCUT2D eigenvalue weighted by Gasteiger charge is -2.37. The molecule has 6 heteroatoms. The molecule has 0 spiro atoms. The zero-order chi connectivity index (χ0) is 13.7. The molecule has 1 fully saturated rings. The predicted octanol–water partition coefficient (Wildman–Crippen LogP) is 1.85. The summed E-state index contributed by atoms with van der Waals surface area (Å²) in [7, 11) is 0. The van der Waals surface area contributed by atoms with E-state index in [1.54, 1.807) is 10.9 Å². The molecule has 6 nitrogen and oxygen atoms in total. The molecule has 0 radical (unpaired) electrons. The number of rotatable bonds is 2. The molecule has 0 bridgehead atoms. The van der Waals surface area contributed by atoms with Crippen LogP contribution in [0.1, 0.15) is 46.3 Å². The normalized spacial score (nSPS) is 24.8. The first-order chi connectivity index (χ1) is 8.23. The first-order valence-corrected chi connectivity index (χ1v) is 6.22. The predicted molar refractivity (Wildman–Crippen MR) is 66.1 cm³/mol. The highest BCUT2D eigenvalue weighted by molar-refractivity contribution is 5.17. The van der Waals surface area contributed by atoms with Crippen molar-refractivity contribution in [3.05, 3.63) is 18.0 Å². The van der Waals surface area contributed by atoms with Gasteiger partial charge in [-0.2, -0.15) is 15.2 Å². The summed E-state index contributed by atoms with van der Waals surface area (Å²) < 4.78 is 1.77. The molecule has 1 aliphatic heterocycles. The summed E-state index contributed by atoms with van der Waals surface area (Å²) in [6, 6.07) is 0. The van der Waals surface area contributed by atoms with Gasteiger partial charge in [0.05, 0.1) is 17.3 Å². The SMILES string of the molecule is CCn1cc(C2N(O)C(C)(C)C(C)(C)N2O)cn1. The quantitative estimate of drug-likeness (QED) is 0.843. The highest BCUT2D eigenvalue weighted by Gasteiger charge is 2.58. The largest absolute Gasteiger partial charge is 0.311 e. The van der Waals surface area contributed by atoms with E-state index in [0.717, 1.165) is 12.1 Å². The Kier molecular flexibility index (Phi) is 3.02. The summed E-state index contributed by atoms with van der Waals surface area (Å²) in [5, 5.41) is 27.3. The van der Waals surface area contributed by atoms with Gasteiger partial charge < -0.3 is 10.4 Å². The number of nitrogens with zero attached hydrogens (tertiary/aromatic N) is 4. The maximum atomic E-state index is 10.4. The van der Waals surface area contributed by atoms with E-state index in [-0.39, 0.29) is 0 Å². The third kappa shape index (κ3) is 1.60. The van der Waals surface area contributed by atoms with Crippen LogP contribution >= 0.6 is 0 Å². The van der Waals surface area contributed by atoms with Crippen LogP contribution in [0.3, 0.4) is 0 Å². The highest BCUT2D eigenvalue weighted by atomic mass is 16.6. The molecule has 18 heavy (non-hydrogen) atoms. The van der Waals surface area contributed by atoms with Gasteiger partial charge in [0.2, 0.25) is 0 Å². The van der Waals surface area contributed by atoms with Gasteiger partial charge in [0, 0.05) is 18.3 Å². The van der Waals surface area contributed by atoms with E-state index < -0.39 is 17.2 Å². The summed E-state index contributed by atoms with van der Waals surface area (Å²) in [5.41, 5.74) is -0.359. The van der Waals surface area contributed by atoms with E-state index in [1.165, 1.54) is 10.1 Å². The Bertz CT molecular complexity index is 421. The molecular formula is C12H22N4O2. The third-order valence-corrected chi connectivity index (χ3v) is 4.38. The Balaban J connectivity index is 2.40. The molecule has 2 N–H and O–H groups in total. The molecule has 1 aromatic heterocycles. The third-order valence-electron chi connectivity index (χ3n) is 4.38. The lowest BCUT2D eigenvalue weighted by molar-refractivity contribution is -0.223. The summed E-state index contributed by atoms with van der Waals surface area (Å²) in [6.07, 6.45) is 2.93. The molecule has 1 saturated heterocycles. The van der Waals surface area contributed by atoms with E-state index in [9.17, 15) is 10.4 Å². The minimum Gasteiger partial charge on any atom is -0.311 e. The minimum absolute atomic E-state index is 0.569. The highest BCUT2D eigenvalue weighted by Crippen LogP contribution is 2.47. The van der Waals surface area contributed by atoms with Crippen LogP contribution in [0.5, 0.6) is 0 Å². The number of hydrogen-bond donors (Lipinski definition) is 2. The Hall–Kier alpha value is -0.950. The van der Waals surface area contributed by atoms with Gasteiger partial charge in [-0.1, -0.05) is 0 Å². The van der Waals surface area contributed by atoms with Crippen molar-refractivity contribution in [2.45, 2.75) is 58.4 Å². The second kappa shape index (κ2) is 4.03. The van der Waals surface area contributed by atoms with Crippen molar-refractivity contribution in [2.24, 2.45) is 0 Å². The van der Waals surface area contributed by atoms with Crippen molar-refractivity contribution in [1.29, 1.82) is 0 Å². The molecule has 0 aliphatic carbocycles. The van der Waals surface area contributed by atoms with Crippen LogP contribution in [0, 0.1) is 0 Å². The standard InChI is InChI=1S/C12H22N4O2/c1-6-14-8-9(7-13-14)10-15(17)11(2,3)12(4,5)16(10)18/h7-8,10,17-18H,6H2,1-5H3. The van der Waals surface area contributed by atoms with Gasteiger partial charge in [0.25, 0.3) is 0 Å². The van der Waals surface area contributed by atoms with Crippen molar-refractivity contribution in [3.63, 3.8) is 0 Å². The van der Waals surface area contributed by atoms with Crippen molar-refractivity contribution >= 4 is 0 Å². The van der Waals surface area contributed by atoms with Crippen molar-refractivity contribution in [2.75, 3.05) is 0 Å². The fraction of sp³-hybridized carbons (Fsp3) is 0.750. The van der Waals surface area contributed by atoms with E-state index in [0.29, 0.717) is 0 Å². The van der Waals surface area contributed by atoms with E-state index in [2.05, 4.69) is 5.10 Å². The molecule has 102 valence electrons. The van der Waals surface area contributed by atoms with Gasteiger partial charge in [0.15, 0.2) is 0 Å². The molecule has 2 heterocycles. The molecule has 0 amide bonds. The Labute approximate surface area is 107 Å². The molecule has 0 aromatic carbocycles. The average Bonchev–Trinajstić information content (AvgIpc) is 2.80. The van der Waals surface area contributed by atoms with Crippen LogP contribution in [0.25, 0.3) is 0 Å². The number of hydrogen-bond acceptors (Lipinski definition) is 5. The summed E-state index contributed by atoms with van der Waals surface area (Å²) in [6.45, 7) is 10.4. The van der Waals surface area contributed by atoms with Crippen LogP contribution in [0.4, 0.5) is 0 Å². The van der Waals surface area contributed by atoms with Crippen LogP contribution in [-0.4, -0.2) is 41.4 Å². The molecule has 1 aliphatic rings. The first-order valence-electron chi connectivity index (χ1n) is 6.22. The van der Waals surface area contributed by atoms with Crippen molar-refractivity contribution < 1.29 is 10.4 Å². The van der Waals surface area contributed by atoms with Crippen molar-refractivity contribution in [1.82, 2.24) is 19.9 Å². The fourth-order valence-electron chi connectivity index (χ4n) is 2.24. The Morgan fingerprint density at radius 3 is 2.06 bits per heavy atom. The van der Waals surface area contributed by atoms with Gasteiger partial charge in [-0.15, -0.1) is 0 Å². The van der Waals surface area contributed by atoms with Gasteiger partial charge in [-0.3, -0.25) is 4.68 Å². The molecule has 0 atom stereocenters. The smallest absolute Gasteiger partial charge is 0.139 e. The Morgan fingerprint density at radius 1 is 1.17 bits per heavy atom. The zero-order valence-corrected chi connectivity index (χ0v) is 11.6. The van der Waals surface area contributed by atoms with Crippen LogP contribution in [-0.2, 0) is 6.54 Å². The molecule has 2 rings (SSSR count). The lowest BCUT2D eigenvalue weighted by Crippen LogP contribution is -2.52. The molecule has 0 unspecified atom stereocenters. The van der Waals surface area contributed by atoms with Gasteiger partial charge in [-0.05, 0) is 34.6 Å². The lowest BCUT2D eigenvalue weighted by atomic mass is 9.84. The monoisotopic (exact) mass is 254 g/mol. The van der Waals surface area contributed by atoms with Crippen LogP contribution in [0.15, 0.2) is 12.4 Å². The number of hydroxylamine groups is 4. The fourth-order valence-corrected chi connectivity index (χ4v) is 2.24. The van der Waals surface area contributed by atoms with Gasteiger partial charge >= 0.3 is 0 Å². The maximum Gasteiger partial charge on any atom is 0.139 e. The maximum absolute atomic E-state index is 10.4. The second-order valence-electron chi connectivity index (χ2n) is 5.81. The number of aromatic nitrogens is 2. The zero-order valence-electron chi connectivity index (χ0n) is 11.6. The Morgan fingerprint density at radius 2 is 1.67 bits per heavy atom. The molecular weight excluding hydrogens is 232 g/mol. The average molecular weight is 254 g/mol. The van der Waals surface area contributed by atoms with E-state index >= 15 is 0 Å². The van der Waals surface area contributed by atoms with Crippen LogP contribution < -0.4 is 0 Å². The molecule has 1 aromatic rings. The van der Waals surface area contributed by atoms with Crippen LogP contribution in [0.2, 0.25) is 0 Å². The minimum atomic E-state index is -0.588. The topological polar surface area (TPSA) is 64.8 Å². The summed E-state index contributed by atoms with van der Waals surface area (Å²) in [4.78, 5) is 0. The van der Waals surface area contributed by atoms with Crippen molar-refractivity contribution in [3.8, 4) is 0 Å². The van der Waals surface area contributed by atoms with Gasteiger partial charge in [0.1, 0.15) is 6.17 Å². The van der Waals surface area contributed by atoms with Gasteiger partial charge in [-0.25, -0.2) is 0 Å². The number of aryl methyl sites for hydroxylation is 1. The van der Waals surface area contributed by atoms with E-state index in [1.807, 2.05) is 40.8 Å². The molecule has 0 saturated carbocycles. The summed E-state index contributed by atoms with van der Waals surface area (Å²) >= 11 is 0.